The fraction of sp³-hybridized carbons (Fsp3) is 0.227. The highest BCUT2D eigenvalue weighted by molar-refractivity contribution is 7.89. The van der Waals surface area contributed by atoms with Crippen molar-refractivity contribution in [1.82, 2.24) is 23.5 Å². The Morgan fingerprint density at radius 1 is 1.09 bits per heavy atom. The van der Waals surface area contributed by atoms with Crippen LogP contribution in [0.5, 0.6) is 0 Å². The molecule has 1 aromatic carbocycles. The maximum atomic E-state index is 13.0. The van der Waals surface area contributed by atoms with Gasteiger partial charge in [0.2, 0.25) is 15.9 Å². The van der Waals surface area contributed by atoms with Crippen molar-refractivity contribution in [3.05, 3.63) is 79.0 Å². The second-order valence-corrected chi connectivity index (χ2v) is 9.59. The Hall–Kier alpha value is -3.50. The number of benzene rings is 1. The van der Waals surface area contributed by atoms with E-state index in [0.717, 1.165) is 11.3 Å². The van der Waals surface area contributed by atoms with Crippen molar-refractivity contribution < 1.29 is 13.2 Å². The summed E-state index contributed by atoms with van der Waals surface area (Å²) in [5.74, 6) is -0.353. The van der Waals surface area contributed by atoms with Gasteiger partial charge in [0.05, 0.1) is 29.0 Å². The summed E-state index contributed by atoms with van der Waals surface area (Å²) in [4.78, 5) is 17.7. The number of carbonyl (C=O) groups excluding carboxylic acids is 1. The fourth-order valence-electron chi connectivity index (χ4n) is 3.99. The second-order valence-electron chi connectivity index (χ2n) is 7.70. The van der Waals surface area contributed by atoms with E-state index in [2.05, 4.69) is 15.4 Å². The number of anilines is 1. The van der Waals surface area contributed by atoms with E-state index in [-0.39, 0.29) is 10.8 Å². The number of pyridine rings is 1. The summed E-state index contributed by atoms with van der Waals surface area (Å²) in [6.45, 7) is 0.776. The Balaban J connectivity index is 1.28. The Bertz CT molecular complexity index is 1330. The van der Waals surface area contributed by atoms with Crippen LogP contribution in [0.1, 0.15) is 18.5 Å². The zero-order chi connectivity index (χ0) is 22.1. The molecule has 0 saturated carbocycles. The highest BCUT2D eigenvalue weighted by atomic mass is 32.2. The number of hydrogen-bond acceptors (Lipinski definition) is 5. The van der Waals surface area contributed by atoms with Gasteiger partial charge in [-0.3, -0.25) is 9.48 Å². The lowest BCUT2D eigenvalue weighted by Gasteiger charge is -2.23. The van der Waals surface area contributed by atoms with Gasteiger partial charge >= 0.3 is 0 Å². The molecule has 1 unspecified atom stereocenters. The lowest BCUT2D eigenvalue weighted by Crippen LogP contribution is -2.43. The number of sulfonamides is 1. The van der Waals surface area contributed by atoms with Crippen molar-refractivity contribution in [3.8, 4) is 0 Å². The van der Waals surface area contributed by atoms with Gasteiger partial charge in [0.25, 0.3) is 0 Å². The molecular weight excluding hydrogens is 428 g/mol. The lowest BCUT2D eigenvalue weighted by molar-refractivity contribution is -0.119. The standard InChI is InChI=1S/C22H22N6O3S/c29-22(20-9-6-12-28(20)32(30,31)19-7-2-1-3-8-19)25-17-13-23-27(15-17)16-18-14-26-11-5-4-10-21(26)24-18/h1-5,7-8,10-11,13-15,20H,6,9,12,16H2,(H,25,29). The van der Waals surface area contributed by atoms with Crippen LogP contribution >= 0.6 is 0 Å². The molecule has 1 fully saturated rings. The van der Waals surface area contributed by atoms with Crippen molar-refractivity contribution in [2.75, 3.05) is 11.9 Å². The quantitative estimate of drug-likeness (QED) is 0.486. The zero-order valence-corrected chi connectivity index (χ0v) is 18.0. The third-order valence-electron chi connectivity index (χ3n) is 5.49. The molecule has 1 aliphatic heterocycles. The van der Waals surface area contributed by atoms with Crippen LogP contribution in [-0.2, 0) is 21.4 Å². The van der Waals surface area contributed by atoms with E-state index in [4.69, 9.17) is 0 Å². The highest BCUT2D eigenvalue weighted by Crippen LogP contribution is 2.27. The molecule has 4 heterocycles. The summed E-state index contributed by atoms with van der Waals surface area (Å²) >= 11 is 0. The van der Waals surface area contributed by atoms with Gasteiger partial charge in [0, 0.05) is 25.1 Å². The van der Waals surface area contributed by atoms with Crippen LogP contribution < -0.4 is 5.32 Å². The molecule has 0 spiro atoms. The summed E-state index contributed by atoms with van der Waals surface area (Å²) in [5.41, 5.74) is 2.21. The van der Waals surface area contributed by atoms with Gasteiger partial charge in [0.1, 0.15) is 11.7 Å². The smallest absolute Gasteiger partial charge is 0.243 e. The minimum Gasteiger partial charge on any atom is -0.322 e. The lowest BCUT2D eigenvalue weighted by atomic mass is 10.2. The molecule has 164 valence electrons. The van der Waals surface area contributed by atoms with Crippen LogP contribution in [0, 0.1) is 0 Å². The van der Waals surface area contributed by atoms with Gasteiger partial charge in [0.15, 0.2) is 0 Å². The zero-order valence-electron chi connectivity index (χ0n) is 17.2. The van der Waals surface area contributed by atoms with E-state index in [0.29, 0.717) is 31.6 Å². The molecule has 1 N–H and O–H groups in total. The number of carbonyl (C=O) groups is 1. The van der Waals surface area contributed by atoms with E-state index >= 15 is 0 Å². The molecule has 0 aliphatic carbocycles. The Kier molecular flexibility index (Phi) is 5.24. The van der Waals surface area contributed by atoms with E-state index < -0.39 is 16.1 Å². The summed E-state index contributed by atoms with van der Waals surface area (Å²) in [5, 5.41) is 7.11. The van der Waals surface area contributed by atoms with Crippen LogP contribution in [0.25, 0.3) is 5.65 Å². The summed E-state index contributed by atoms with van der Waals surface area (Å²) in [6.07, 6.45) is 8.24. The second kappa shape index (κ2) is 8.21. The normalized spacial score (nSPS) is 17.1. The molecule has 32 heavy (non-hydrogen) atoms. The Labute approximate surface area is 185 Å². The molecule has 3 aromatic heterocycles. The molecular formula is C22H22N6O3S. The third kappa shape index (κ3) is 3.90. The van der Waals surface area contributed by atoms with Crippen LogP contribution in [-0.4, -0.2) is 50.4 Å². The van der Waals surface area contributed by atoms with Crippen molar-refractivity contribution in [2.45, 2.75) is 30.3 Å². The average molecular weight is 451 g/mol. The maximum absolute atomic E-state index is 13.0. The van der Waals surface area contributed by atoms with Crippen molar-refractivity contribution in [1.29, 1.82) is 0 Å². The maximum Gasteiger partial charge on any atom is 0.243 e. The van der Waals surface area contributed by atoms with E-state index in [1.807, 2.05) is 35.0 Å². The number of imidazole rings is 1. The van der Waals surface area contributed by atoms with E-state index in [1.165, 1.54) is 4.31 Å². The number of rotatable bonds is 6. The number of nitrogens with one attached hydrogen (secondary N) is 1. The number of fused-ring (bicyclic) bond motifs is 1. The van der Waals surface area contributed by atoms with Crippen molar-refractivity contribution >= 4 is 27.3 Å². The minimum atomic E-state index is -3.73. The molecule has 0 radical (unpaired) electrons. The number of nitrogens with zero attached hydrogens (tertiary/aromatic N) is 5. The molecule has 1 saturated heterocycles. The molecule has 1 atom stereocenters. The molecule has 4 aromatic rings. The first kappa shape index (κ1) is 20.4. The topological polar surface area (TPSA) is 102 Å². The summed E-state index contributed by atoms with van der Waals surface area (Å²) < 4.78 is 30.9. The van der Waals surface area contributed by atoms with Gasteiger partial charge in [-0.05, 0) is 37.1 Å². The molecule has 1 aliphatic rings. The first-order valence-corrected chi connectivity index (χ1v) is 11.8. The van der Waals surface area contributed by atoms with Crippen molar-refractivity contribution in [3.63, 3.8) is 0 Å². The molecule has 1 amide bonds. The van der Waals surface area contributed by atoms with Crippen molar-refractivity contribution in [2.24, 2.45) is 0 Å². The minimum absolute atomic E-state index is 0.194. The first-order valence-electron chi connectivity index (χ1n) is 10.3. The third-order valence-corrected chi connectivity index (χ3v) is 7.42. The van der Waals surface area contributed by atoms with Gasteiger partial charge in [-0.25, -0.2) is 13.4 Å². The van der Waals surface area contributed by atoms with Crippen LogP contribution in [0.4, 0.5) is 5.69 Å². The van der Waals surface area contributed by atoms with Crippen LogP contribution in [0.3, 0.4) is 0 Å². The molecule has 9 nitrogen and oxygen atoms in total. The first-order chi connectivity index (χ1) is 15.5. The van der Waals surface area contributed by atoms with Gasteiger partial charge in [-0.1, -0.05) is 24.3 Å². The van der Waals surface area contributed by atoms with Crippen LogP contribution in [0.15, 0.2) is 78.2 Å². The van der Waals surface area contributed by atoms with E-state index in [9.17, 15) is 13.2 Å². The van der Waals surface area contributed by atoms with Gasteiger partial charge in [-0.15, -0.1) is 0 Å². The predicted molar refractivity (Wildman–Crippen MR) is 119 cm³/mol. The average Bonchev–Trinajstić information content (AvgIpc) is 3.54. The highest BCUT2D eigenvalue weighted by Gasteiger charge is 2.39. The molecule has 5 rings (SSSR count). The number of aromatic nitrogens is 4. The Morgan fingerprint density at radius 2 is 1.91 bits per heavy atom. The van der Waals surface area contributed by atoms with Gasteiger partial charge < -0.3 is 9.72 Å². The summed E-state index contributed by atoms with van der Waals surface area (Å²) in [6, 6.07) is 13.2. The van der Waals surface area contributed by atoms with Gasteiger partial charge in [-0.2, -0.15) is 9.40 Å². The van der Waals surface area contributed by atoms with Crippen LogP contribution in [0.2, 0.25) is 0 Å². The molecule has 0 bridgehead atoms. The molecule has 10 heteroatoms. The van der Waals surface area contributed by atoms with E-state index in [1.54, 1.807) is 47.4 Å². The number of hydrogen-bond donors (Lipinski definition) is 1. The predicted octanol–water partition coefficient (Wildman–Crippen LogP) is 2.37. The fourth-order valence-corrected chi connectivity index (χ4v) is 5.66. The number of amides is 1. The SMILES string of the molecule is O=C(Nc1cnn(Cc2cn3ccccc3n2)c1)C1CCCN1S(=O)(=O)c1ccccc1. The Morgan fingerprint density at radius 3 is 2.72 bits per heavy atom. The monoisotopic (exact) mass is 450 g/mol. The largest absolute Gasteiger partial charge is 0.322 e. The summed E-state index contributed by atoms with van der Waals surface area (Å²) in [7, 11) is -3.73.